The Kier molecular flexibility index (Phi) is 9.19. The summed E-state index contributed by atoms with van der Waals surface area (Å²) >= 11 is 16.0. The monoisotopic (exact) mass is 568 g/mol. The molecule has 3 rings (SSSR count). The SMILES string of the molecule is CCCCN1C(=O)/C(=C/c2cc(Br)c(OCC(=O)Nc3ccc(Cl)cc3)c(OC)c2)SC1=S. The van der Waals surface area contributed by atoms with Crippen molar-refractivity contribution < 1.29 is 19.1 Å². The third kappa shape index (κ3) is 6.72. The molecule has 174 valence electrons. The summed E-state index contributed by atoms with van der Waals surface area (Å²) in [5, 5.41) is 3.32. The van der Waals surface area contributed by atoms with Crippen LogP contribution >= 0.6 is 51.5 Å². The maximum Gasteiger partial charge on any atom is 0.266 e. The van der Waals surface area contributed by atoms with Gasteiger partial charge < -0.3 is 14.8 Å². The third-order valence-corrected chi connectivity index (χ3v) is 6.85. The van der Waals surface area contributed by atoms with E-state index in [0.717, 1.165) is 18.4 Å². The van der Waals surface area contributed by atoms with Gasteiger partial charge in [-0.3, -0.25) is 14.5 Å². The molecule has 0 unspecified atom stereocenters. The number of amides is 2. The van der Waals surface area contributed by atoms with Crippen molar-refractivity contribution in [1.29, 1.82) is 0 Å². The number of thiocarbonyl (C=S) groups is 1. The predicted octanol–water partition coefficient (Wildman–Crippen LogP) is 6.13. The minimum Gasteiger partial charge on any atom is -0.493 e. The number of carbonyl (C=O) groups is 2. The molecule has 2 aromatic carbocycles. The molecule has 0 bridgehead atoms. The maximum atomic E-state index is 12.7. The molecule has 0 saturated carbocycles. The van der Waals surface area contributed by atoms with Crippen LogP contribution < -0.4 is 14.8 Å². The van der Waals surface area contributed by atoms with Crippen LogP contribution in [0, 0.1) is 0 Å². The normalized spacial score (nSPS) is 14.7. The number of thioether (sulfide) groups is 1. The quantitative estimate of drug-likeness (QED) is 0.289. The number of halogens is 2. The summed E-state index contributed by atoms with van der Waals surface area (Å²) in [5.41, 5.74) is 1.36. The second-order valence-corrected chi connectivity index (χ2v) is 10.0. The van der Waals surface area contributed by atoms with Crippen LogP contribution in [0.3, 0.4) is 0 Å². The number of rotatable bonds is 9. The molecule has 6 nitrogen and oxygen atoms in total. The standard InChI is InChI=1S/C23H22BrClN2O4S2/c1-3-4-9-27-22(29)19(33-23(27)32)12-14-10-17(24)21(18(11-14)30-2)31-13-20(28)26-16-7-5-15(25)6-8-16/h5-8,10-12H,3-4,9,13H2,1-2H3,(H,26,28)/b19-12-. The molecule has 2 aromatic rings. The summed E-state index contributed by atoms with van der Waals surface area (Å²) in [6.07, 6.45) is 3.66. The van der Waals surface area contributed by atoms with E-state index >= 15 is 0 Å². The van der Waals surface area contributed by atoms with E-state index in [9.17, 15) is 9.59 Å². The van der Waals surface area contributed by atoms with Gasteiger partial charge in [0.15, 0.2) is 18.1 Å². The van der Waals surface area contributed by atoms with Gasteiger partial charge in [-0.05, 0) is 70.4 Å². The number of hydrogen-bond donors (Lipinski definition) is 1. The summed E-state index contributed by atoms with van der Waals surface area (Å²) in [7, 11) is 1.51. The first-order chi connectivity index (χ1) is 15.8. The van der Waals surface area contributed by atoms with Gasteiger partial charge in [0.05, 0.1) is 16.5 Å². The van der Waals surface area contributed by atoms with Crippen LogP contribution in [0.25, 0.3) is 6.08 Å². The molecule has 1 heterocycles. The zero-order chi connectivity index (χ0) is 24.0. The highest BCUT2D eigenvalue weighted by Crippen LogP contribution is 2.39. The second-order valence-electron chi connectivity index (χ2n) is 7.06. The van der Waals surface area contributed by atoms with Crippen LogP contribution in [0.1, 0.15) is 25.3 Å². The highest BCUT2D eigenvalue weighted by molar-refractivity contribution is 9.10. The van der Waals surface area contributed by atoms with Crippen molar-refractivity contribution in [3.8, 4) is 11.5 Å². The van der Waals surface area contributed by atoms with Gasteiger partial charge in [0.2, 0.25) is 0 Å². The van der Waals surface area contributed by atoms with Gasteiger partial charge in [-0.25, -0.2) is 0 Å². The zero-order valence-electron chi connectivity index (χ0n) is 18.0. The van der Waals surface area contributed by atoms with E-state index in [0.29, 0.717) is 42.5 Å². The molecular weight excluding hydrogens is 548 g/mol. The lowest BCUT2D eigenvalue weighted by Crippen LogP contribution is -2.28. The number of methoxy groups -OCH3 is 1. The minimum absolute atomic E-state index is 0.0901. The van der Waals surface area contributed by atoms with Crippen LogP contribution in [0.5, 0.6) is 11.5 Å². The van der Waals surface area contributed by atoms with Crippen molar-refractivity contribution in [2.75, 3.05) is 25.6 Å². The van der Waals surface area contributed by atoms with Crippen molar-refractivity contribution in [3.05, 3.63) is 56.4 Å². The number of ether oxygens (including phenoxy) is 2. The van der Waals surface area contributed by atoms with Crippen LogP contribution in [0.2, 0.25) is 5.02 Å². The Labute approximate surface area is 215 Å². The maximum absolute atomic E-state index is 12.7. The van der Waals surface area contributed by atoms with E-state index in [2.05, 4.69) is 28.2 Å². The first-order valence-corrected chi connectivity index (χ1v) is 12.5. The van der Waals surface area contributed by atoms with Gasteiger partial charge in [-0.15, -0.1) is 0 Å². The Morgan fingerprint density at radius 2 is 2.03 bits per heavy atom. The molecule has 0 radical (unpaired) electrons. The molecule has 1 N–H and O–H groups in total. The predicted molar refractivity (Wildman–Crippen MR) is 141 cm³/mol. The lowest BCUT2D eigenvalue weighted by atomic mass is 10.2. The Morgan fingerprint density at radius 3 is 2.70 bits per heavy atom. The summed E-state index contributed by atoms with van der Waals surface area (Å²) in [6, 6.07) is 10.3. The van der Waals surface area contributed by atoms with Gasteiger partial charge in [0.1, 0.15) is 4.32 Å². The van der Waals surface area contributed by atoms with Crippen molar-refractivity contribution >= 4 is 79.4 Å². The summed E-state index contributed by atoms with van der Waals surface area (Å²) in [4.78, 5) is 27.2. The van der Waals surface area contributed by atoms with E-state index in [1.807, 2.05) is 0 Å². The lowest BCUT2D eigenvalue weighted by Gasteiger charge is -2.14. The van der Waals surface area contributed by atoms with Gasteiger partial charge in [-0.2, -0.15) is 0 Å². The van der Waals surface area contributed by atoms with E-state index in [4.69, 9.17) is 33.3 Å². The summed E-state index contributed by atoms with van der Waals surface area (Å²) in [6.45, 7) is 2.48. The molecule has 2 amide bonds. The molecule has 33 heavy (non-hydrogen) atoms. The molecule has 0 spiro atoms. The van der Waals surface area contributed by atoms with Gasteiger partial charge >= 0.3 is 0 Å². The number of hydrogen-bond acceptors (Lipinski definition) is 6. The Balaban J connectivity index is 1.71. The topological polar surface area (TPSA) is 67.9 Å². The number of benzene rings is 2. The molecule has 1 aliphatic rings. The molecule has 1 fully saturated rings. The zero-order valence-corrected chi connectivity index (χ0v) is 22.0. The summed E-state index contributed by atoms with van der Waals surface area (Å²) < 4.78 is 12.3. The van der Waals surface area contributed by atoms with Crippen molar-refractivity contribution in [3.63, 3.8) is 0 Å². The van der Waals surface area contributed by atoms with Crippen molar-refractivity contribution in [2.45, 2.75) is 19.8 Å². The van der Waals surface area contributed by atoms with Crippen LogP contribution in [0.15, 0.2) is 45.8 Å². The fourth-order valence-electron chi connectivity index (χ4n) is 2.99. The fourth-order valence-corrected chi connectivity index (χ4v) is 5.00. The Bertz CT molecular complexity index is 1090. The molecular formula is C23H22BrClN2O4S2. The van der Waals surface area contributed by atoms with Gasteiger partial charge in [0.25, 0.3) is 11.8 Å². The van der Waals surface area contributed by atoms with E-state index in [-0.39, 0.29) is 18.4 Å². The average molecular weight is 570 g/mol. The fraction of sp³-hybridized carbons (Fsp3) is 0.261. The van der Waals surface area contributed by atoms with E-state index in [1.54, 1.807) is 47.4 Å². The van der Waals surface area contributed by atoms with E-state index < -0.39 is 0 Å². The Hall–Kier alpha value is -2.07. The van der Waals surface area contributed by atoms with Crippen molar-refractivity contribution in [1.82, 2.24) is 4.90 Å². The lowest BCUT2D eigenvalue weighted by molar-refractivity contribution is -0.122. The second kappa shape index (κ2) is 11.9. The molecule has 1 saturated heterocycles. The third-order valence-electron chi connectivity index (χ3n) is 4.63. The Morgan fingerprint density at radius 1 is 1.30 bits per heavy atom. The number of nitrogens with zero attached hydrogens (tertiary/aromatic N) is 1. The molecule has 0 aromatic heterocycles. The number of anilines is 1. The number of nitrogens with one attached hydrogen (secondary N) is 1. The smallest absolute Gasteiger partial charge is 0.266 e. The van der Waals surface area contributed by atoms with Gasteiger partial charge in [0, 0.05) is 17.3 Å². The van der Waals surface area contributed by atoms with Crippen LogP contribution in [-0.4, -0.2) is 41.3 Å². The molecule has 0 aliphatic carbocycles. The highest BCUT2D eigenvalue weighted by atomic mass is 79.9. The van der Waals surface area contributed by atoms with Crippen LogP contribution in [0.4, 0.5) is 5.69 Å². The van der Waals surface area contributed by atoms with Gasteiger partial charge in [-0.1, -0.05) is 48.9 Å². The first kappa shape index (κ1) is 25.6. The van der Waals surface area contributed by atoms with E-state index in [1.165, 1.54) is 18.9 Å². The largest absolute Gasteiger partial charge is 0.493 e. The first-order valence-electron chi connectivity index (χ1n) is 10.1. The number of unbranched alkanes of at least 4 members (excludes halogenated alkanes) is 1. The molecule has 0 atom stereocenters. The number of carbonyl (C=O) groups excluding carboxylic acids is 2. The average Bonchev–Trinajstić information content (AvgIpc) is 3.05. The van der Waals surface area contributed by atoms with Crippen LogP contribution in [-0.2, 0) is 9.59 Å². The molecule has 1 aliphatic heterocycles. The molecule has 10 heteroatoms. The minimum atomic E-state index is -0.328. The highest BCUT2D eigenvalue weighted by Gasteiger charge is 2.31. The van der Waals surface area contributed by atoms with Crippen molar-refractivity contribution in [2.24, 2.45) is 0 Å². The summed E-state index contributed by atoms with van der Waals surface area (Å²) in [5.74, 6) is 0.395.